The Morgan fingerprint density at radius 1 is 0.645 bits per heavy atom. The molecule has 31 heavy (non-hydrogen) atoms. The first-order valence-corrected chi connectivity index (χ1v) is 13.2. The summed E-state index contributed by atoms with van der Waals surface area (Å²) in [7, 11) is 0. The van der Waals surface area contributed by atoms with Gasteiger partial charge in [-0.05, 0) is 118 Å². The number of likely N-dealkylation sites (tertiary alicyclic amines) is 2. The standard InChI is InChI=1S/C8H17N.C7H15N.C6H10N2.C6H12/c1-8(2)9-6-4-3-5-7-9;1-7(2)8-5-3-4-6-8;1-6(2)8-4-3-7-5-8;1-5(2)6-3-4-6/h8H,3-7H2,1-2H3;7H,3-6H2,1-2H3;3-6H,1-2H3;5-6H,3-4H2,1-2H3. The minimum Gasteiger partial charge on any atom is -0.335 e. The first kappa shape index (κ1) is 28.2. The van der Waals surface area contributed by atoms with Gasteiger partial charge in [0.25, 0.3) is 0 Å². The summed E-state index contributed by atoms with van der Waals surface area (Å²) in [6, 6.07) is 2.08. The van der Waals surface area contributed by atoms with Gasteiger partial charge in [0.2, 0.25) is 0 Å². The molecule has 4 heteroatoms. The third kappa shape index (κ3) is 13.3. The van der Waals surface area contributed by atoms with Crippen LogP contribution in [0, 0.1) is 11.8 Å². The highest BCUT2D eigenvalue weighted by Gasteiger charge is 2.24. The van der Waals surface area contributed by atoms with Crippen molar-refractivity contribution in [2.75, 3.05) is 26.2 Å². The van der Waals surface area contributed by atoms with Crippen molar-refractivity contribution in [3.05, 3.63) is 18.7 Å². The van der Waals surface area contributed by atoms with Crippen molar-refractivity contribution < 1.29 is 0 Å². The van der Waals surface area contributed by atoms with Crippen LogP contribution in [0.15, 0.2) is 18.7 Å². The molecule has 182 valence electrons. The van der Waals surface area contributed by atoms with Crippen LogP contribution in [0.3, 0.4) is 0 Å². The molecule has 3 fully saturated rings. The predicted molar refractivity (Wildman–Crippen MR) is 137 cm³/mol. The Morgan fingerprint density at radius 3 is 1.29 bits per heavy atom. The summed E-state index contributed by atoms with van der Waals surface area (Å²) in [5, 5.41) is 0. The van der Waals surface area contributed by atoms with Crippen molar-refractivity contribution >= 4 is 0 Å². The summed E-state index contributed by atoms with van der Waals surface area (Å²) in [5.41, 5.74) is 0. The smallest absolute Gasteiger partial charge is 0.0948 e. The lowest BCUT2D eigenvalue weighted by atomic mass is 10.1. The van der Waals surface area contributed by atoms with E-state index < -0.39 is 0 Å². The van der Waals surface area contributed by atoms with E-state index in [-0.39, 0.29) is 0 Å². The average Bonchev–Trinajstić information content (AvgIpc) is 3.21. The molecular formula is C27H54N4. The lowest BCUT2D eigenvalue weighted by Crippen LogP contribution is -2.35. The second kappa shape index (κ2) is 15.9. The second-order valence-corrected chi connectivity index (χ2v) is 10.7. The van der Waals surface area contributed by atoms with E-state index >= 15 is 0 Å². The number of rotatable bonds is 4. The zero-order chi connectivity index (χ0) is 23.2. The molecule has 0 spiro atoms. The molecule has 2 aliphatic heterocycles. The summed E-state index contributed by atoms with van der Waals surface area (Å²) in [5.74, 6) is 2.06. The average molecular weight is 435 g/mol. The summed E-state index contributed by atoms with van der Waals surface area (Å²) >= 11 is 0. The maximum atomic E-state index is 3.91. The van der Waals surface area contributed by atoms with E-state index in [9.17, 15) is 0 Å². The lowest BCUT2D eigenvalue weighted by Gasteiger charge is -2.29. The fourth-order valence-electron chi connectivity index (χ4n) is 4.03. The molecule has 0 amide bonds. The fourth-order valence-corrected chi connectivity index (χ4v) is 4.03. The molecule has 1 aliphatic carbocycles. The van der Waals surface area contributed by atoms with Crippen molar-refractivity contribution in [1.29, 1.82) is 0 Å². The Labute approximate surface area is 194 Å². The van der Waals surface area contributed by atoms with E-state index in [2.05, 4.69) is 74.7 Å². The van der Waals surface area contributed by atoms with E-state index in [0.29, 0.717) is 6.04 Å². The SMILES string of the molecule is CC(C)C1CC1.CC(C)N1CCCC1.CC(C)N1CCCCC1.CC(C)n1ccnc1. The van der Waals surface area contributed by atoms with Gasteiger partial charge in [0.1, 0.15) is 0 Å². The molecule has 0 atom stereocenters. The van der Waals surface area contributed by atoms with Crippen molar-refractivity contribution in [3.63, 3.8) is 0 Å². The van der Waals surface area contributed by atoms with Gasteiger partial charge in [-0.25, -0.2) is 4.98 Å². The van der Waals surface area contributed by atoms with Gasteiger partial charge in [-0.15, -0.1) is 0 Å². The van der Waals surface area contributed by atoms with E-state index in [1.807, 2.05) is 12.5 Å². The van der Waals surface area contributed by atoms with Crippen LogP contribution in [0.25, 0.3) is 0 Å². The molecule has 1 aromatic rings. The fraction of sp³-hybridized carbons (Fsp3) is 0.889. The largest absolute Gasteiger partial charge is 0.335 e. The molecule has 4 rings (SSSR count). The number of piperidine rings is 1. The van der Waals surface area contributed by atoms with Gasteiger partial charge < -0.3 is 14.4 Å². The number of imidazole rings is 1. The normalized spacial score (nSPS) is 19.6. The Hall–Kier alpha value is -0.870. The Morgan fingerprint density at radius 2 is 1.10 bits per heavy atom. The third-order valence-corrected chi connectivity index (χ3v) is 6.68. The van der Waals surface area contributed by atoms with Crippen molar-refractivity contribution in [2.24, 2.45) is 11.8 Å². The van der Waals surface area contributed by atoms with Crippen molar-refractivity contribution in [3.8, 4) is 0 Å². The predicted octanol–water partition coefficient (Wildman–Crippen LogP) is 6.89. The topological polar surface area (TPSA) is 24.3 Å². The summed E-state index contributed by atoms with van der Waals surface area (Å²) in [6.07, 6.45) is 15.7. The molecule has 4 nitrogen and oxygen atoms in total. The molecule has 3 heterocycles. The van der Waals surface area contributed by atoms with Gasteiger partial charge in [-0.2, -0.15) is 0 Å². The zero-order valence-electron chi connectivity index (χ0n) is 22.2. The Balaban J connectivity index is 0.000000208. The van der Waals surface area contributed by atoms with Gasteiger partial charge in [0.05, 0.1) is 6.33 Å². The zero-order valence-corrected chi connectivity index (χ0v) is 22.2. The van der Waals surface area contributed by atoms with Crippen LogP contribution >= 0.6 is 0 Å². The maximum Gasteiger partial charge on any atom is 0.0948 e. The number of hydrogen-bond acceptors (Lipinski definition) is 3. The molecule has 0 aromatic carbocycles. The number of nitrogens with zero attached hydrogens (tertiary/aromatic N) is 4. The van der Waals surface area contributed by atoms with Crippen LogP contribution in [0.4, 0.5) is 0 Å². The van der Waals surface area contributed by atoms with Crippen LogP contribution in [0.2, 0.25) is 0 Å². The highest BCUT2D eigenvalue weighted by Crippen LogP contribution is 2.35. The molecule has 3 aliphatic rings. The third-order valence-electron chi connectivity index (χ3n) is 6.68. The molecule has 0 unspecified atom stereocenters. The first-order valence-electron chi connectivity index (χ1n) is 13.2. The van der Waals surface area contributed by atoms with Gasteiger partial charge in [-0.1, -0.05) is 20.3 Å². The minimum absolute atomic E-state index is 0.539. The highest BCUT2D eigenvalue weighted by molar-refractivity contribution is 4.76. The van der Waals surface area contributed by atoms with E-state index in [0.717, 1.165) is 23.9 Å². The molecule has 0 radical (unpaired) electrons. The summed E-state index contributed by atoms with van der Waals surface area (Å²) in [6.45, 7) is 23.3. The van der Waals surface area contributed by atoms with E-state index in [1.165, 1.54) is 71.1 Å². The first-order chi connectivity index (χ1) is 14.7. The molecular weight excluding hydrogens is 380 g/mol. The van der Waals surface area contributed by atoms with Gasteiger partial charge >= 0.3 is 0 Å². The lowest BCUT2D eigenvalue weighted by molar-refractivity contribution is 0.185. The molecule has 0 bridgehead atoms. The van der Waals surface area contributed by atoms with E-state index in [1.54, 1.807) is 6.20 Å². The van der Waals surface area contributed by atoms with Crippen LogP contribution in [-0.4, -0.2) is 57.6 Å². The van der Waals surface area contributed by atoms with Gasteiger partial charge in [0, 0.05) is 30.5 Å². The second-order valence-electron chi connectivity index (χ2n) is 10.7. The Kier molecular flexibility index (Phi) is 14.4. The van der Waals surface area contributed by atoms with Crippen molar-refractivity contribution in [1.82, 2.24) is 19.4 Å². The molecule has 2 saturated heterocycles. The quantitative estimate of drug-likeness (QED) is 0.516. The minimum atomic E-state index is 0.539. The highest BCUT2D eigenvalue weighted by atomic mass is 15.2. The van der Waals surface area contributed by atoms with Crippen molar-refractivity contribution in [2.45, 2.75) is 118 Å². The molecule has 1 aromatic heterocycles. The van der Waals surface area contributed by atoms with Crippen LogP contribution in [0.1, 0.15) is 106 Å². The van der Waals surface area contributed by atoms with Gasteiger partial charge in [-0.3, -0.25) is 0 Å². The van der Waals surface area contributed by atoms with Gasteiger partial charge in [0.15, 0.2) is 0 Å². The monoisotopic (exact) mass is 434 g/mol. The number of aromatic nitrogens is 2. The summed E-state index contributed by atoms with van der Waals surface area (Å²) in [4.78, 5) is 8.99. The number of hydrogen-bond donors (Lipinski definition) is 0. The maximum absolute atomic E-state index is 3.91. The molecule has 1 saturated carbocycles. The Bertz CT molecular complexity index is 505. The summed E-state index contributed by atoms with van der Waals surface area (Å²) < 4.78 is 2.06. The van der Waals surface area contributed by atoms with E-state index in [4.69, 9.17) is 0 Å². The van der Waals surface area contributed by atoms with Crippen LogP contribution in [-0.2, 0) is 0 Å². The van der Waals surface area contributed by atoms with Crippen LogP contribution < -0.4 is 0 Å². The molecule has 0 N–H and O–H groups in total. The van der Waals surface area contributed by atoms with Crippen LogP contribution in [0.5, 0.6) is 0 Å².